The average molecular weight is 334 g/mol. The molecule has 0 bridgehead atoms. The quantitative estimate of drug-likeness (QED) is 0.582. The molecule has 0 N–H and O–H groups in total. The molecular weight excluding hydrogens is 308 g/mol. The van der Waals surface area contributed by atoms with E-state index in [-0.39, 0.29) is 0 Å². The summed E-state index contributed by atoms with van der Waals surface area (Å²) in [6.45, 7) is 5.29. The predicted octanol–water partition coefficient (Wildman–Crippen LogP) is 4.71. The normalized spacial score (nSPS) is 15.0. The van der Waals surface area contributed by atoms with Gasteiger partial charge in [0.1, 0.15) is 5.75 Å². The molecule has 1 saturated heterocycles. The van der Waals surface area contributed by atoms with Crippen LogP contribution in [0.15, 0.2) is 60.8 Å². The lowest BCUT2D eigenvalue weighted by Gasteiger charge is -2.15. The van der Waals surface area contributed by atoms with Crippen molar-refractivity contribution in [1.29, 1.82) is 0 Å². The summed E-state index contributed by atoms with van der Waals surface area (Å²) >= 11 is 0. The highest BCUT2D eigenvalue weighted by molar-refractivity contribution is 5.79. The lowest BCUT2D eigenvalue weighted by atomic mass is 10.2. The van der Waals surface area contributed by atoms with Crippen LogP contribution in [0, 0.1) is 0 Å². The van der Waals surface area contributed by atoms with Gasteiger partial charge in [-0.2, -0.15) is 0 Å². The van der Waals surface area contributed by atoms with Crippen LogP contribution in [-0.2, 0) is 13.1 Å². The Labute approximate surface area is 149 Å². The van der Waals surface area contributed by atoms with Gasteiger partial charge < -0.3 is 9.30 Å². The largest absolute Gasteiger partial charge is 0.494 e. The maximum atomic E-state index is 5.91. The number of likely N-dealkylation sites (tertiary alicyclic amines) is 1. The van der Waals surface area contributed by atoms with Crippen LogP contribution in [0.2, 0.25) is 0 Å². The zero-order chi connectivity index (χ0) is 16.9. The predicted molar refractivity (Wildman–Crippen MR) is 103 cm³/mol. The first-order valence-electron chi connectivity index (χ1n) is 9.36. The molecule has 1 aromatic heterocycles. The summed E-state index contributed by atoms with van der Waals surface area (Å²) in [5.41, 5.74) is 2.68. The van der Waals surface area contributed by atoms with Crippen molar-refractivity contribution in [2.45, 2.75) is 32.4 Å². The van der Waals surface area contributed by atoms with Crippen molar-refractivity contribution < 1.29 is 4.74 Å². The molecule has 2 heterocycles. The minimum atomic E-state index is 0.748. The van der Waals surface area contributed by atoms with Gasteiger partial charge in [0.05, 0.1) is 6.61 Å². The van der Waals surface area contributed by atoms with Crippen LogP contribution in [-0.4, -0.2) is 29.2 Å². The monoisotopic (exact) mass is 334 g/mol. The Morgan fingerprint density at radius 3 is 2.52 bits per heavy atom. The van der Waals surface area contributed by atoms with E-state index in [0.29, 0.717) is 0 Å². The second-order valence-corrected chi connectivity index (χ2v) is 6.90. The van der Waals surface area contributed by atoms with Crippen molar-refractivity contribution in [2.24, 2.45) is 0 Å². The highest BCUT2D eigenvalue weighted by Gasteiger charge is 2.11. The molecule has 4 rings (SSSR count). The van der Waals surface area contributed by atoms with Crippen LogP contribution < -0.4 is 4.74 Å². The van der Waals surface area contributed by atoms with Crippen LogP contribution in [0.3, 0.4) is 0 Å². The Morgan fingerprint density at radius 1 is 0.880 bits per heavy atom. The molecule has 0 radical (unpaired) electrons. The molecule has 0 amide bonds. The number of aryl methyl sites for hydroxylation is 1. The molecule has 0 saturated carbocycles. The van der Waals surface area contributed by atoms with E-state index in [1.165, 1.54) is 42.4 Å². The zero-order valence-electron chi connectivity index (χ0n) is 14.7. The van der Waals surface area contributed by atoms with Crippen molar-refractivity contribution in [3.63, 3.8) is 0 Å². The summed E-state index contributed by atoms with van der Waals surface area (Å²) in [6.07, 6.45) is 5.86. The van der Waals surface area contributed by atoms with Gasteiger partial charge >= 0.3 is 0 Å². The Balaban J connectivity index is 1.24. The summed E-state index contributed by atoms with van der Waals surface area (Å²) in [5.74, 6) is 0.975. The van der Waals surface area contributed by atoms with Gasteiger partial charge in [-0.15, -0.1) is 0 Å². The SMILES string of the molecule is c1ccc2c(c1)ccn2CCCOc1ccc(CN2CCCC2)cc1. The minimum absolute atomic E-state index is 0.748. The molecule has 1 fully saturated rings. The first-order valence-corrected chi connectivity index (χ1v) is 9.36. The fourth-order valence-electron chi connectivity index (χ4n) is 3.65. The molecule has 2 aromatic carbocycles. The molecule has 3 nitrogen and oxygen atoms in total. The van der Waals surface area contributed by atoms with Gasteiger partial charge in [0.25, 0.3) is 0 Å². The lowest BCUT2D eigenvalue weighted by molar-refractivity contribution is 0.302. The van der Waals surface area contributed by atoms with E-state index in [1.54, 1.807) is 0 Å². The molecule has 25 heavy (non-hydrogen) atoms. The van der Waals surface area contributed by atoms with Crippen molar-refractivity contribution >= 4 is 10.9 Å². The third-order valence-corrected chi connectivity index (χ3v) is 5.02. The third kappa shape index (κ3) is 4.05. The summed E-state index contributed by atoms with van der Waals surface area (Å²) in [4.78, 5) is 2.53. The number of benzene rings is 2. The van der Waals surface area contributed by atoms with Gasteiger partial charge in [-0.3, -0.25) is 4.90 Å². The topological polar surface area (TPSA) is 17.4 Å². The highest BCUT2D eigenvalue weighted by atomic mass is 16.5. The molecule has 130 valence electrons. The van der Waals surface area contributed by atoms with Crippen molar-refractivity contribution in [2.75, 3.05) is 19.7 Å². The molecule has 1 aliphatic heterocycles. The van der Waals surface area contributed by atoms with Gasteiger partial charge in [0.15, 0.2) is 0 Å². The molecule has 3 aromatic rings. The first kappa shape index (κ1) is 16.2. The van der Waals surface area contributed by atoms with Crippen molar-refractivity contribution in [1.82, 2.24) is 9.47 Å². The van der Waals surface area contributed by atoms with Gasteiger partial charge in [0, 0.05) is 24.8 Å². The fourth-order valence-corrected chi connectivity index (χ4v) is 3.65. The Bertz CT molecular complexity index is 800. The Kier molecular flexibility index (Phi) is 5.03. The number of hydrogen-bond acceptors (Lipinski definition) is 2. The van der Waals surface area contributed by atoms with Crippen molar-refractivity contribution in [3.8, 4) is 5.75 Å². The van der Waals surface area contributed by atoms with E-state index in [1.807, 2.05) is 0 Å². The number of fused-ring (bicyclic) bond motifs is 1. The minimum Gasteiger partial charge on any atom is -0.494 e. The van der Waals surface area contributed by atoms with Gasteiger partial charge in [-0.05, 0) is 67.6 Å². The van der Waals surface area contributed by atoms with Crippen LogP contribution in [0.4, 0.5) is 0 Å². The van der Waals surface area contributed by atoms with E-state index in [0.717, 1.165) is 31.9 Å². The summed E-state index contributed by atoms with van der Waals surface area (Å²) in [6, 6.07) is 19.3. The maximum Gasteiger partial charge on any atom is 0.119 e. The van der Waals surface area contributed by atoms with Gasteiger partial charge in [-0.1, -0.05) is 30.3 Å². The molecule has 0 atom stereocenters. The van der Waals surface area contributed by atoms with Gasteiger partial charge in [-0.25, -0.2) is 0 Å². The fraction of sp³-hybridized carbons (Fsp3) is 0.364. The second-order valence-electron chi connectivity index (χ2n) is 6.90. The number of nitrogens with zero attached hydrogens (tertiary/aromatic N) is 2. The van der Waals surface area contributed by atoms with Crippen LogP contribution in [0.5, 0.6) is 5.75 Å². The number of hydrogen-bond donors (Lipinski definition) is 0. The maximum absolute atomic E-state index is 5.91. The Hall–Kier alpha value is -2.26. The molecule has 0 spiro atoms. The van der Waals surface area contributed by atoms with Crippen LogP contribution >= 0.6 is 0 Å². The molecule has 0 aliphatic carbocycles. The van der Waals surface area contributed by atoms with Crippen molar-refractivity contribution in [3.05, 3.63) is 66.4 Å². The summed E-state index contributed by atoms with van der Waals surface area (Å²) in [5, 5.41) is 1.30. The third-order valence-electron chi connectivity index (χ3n) is 5.02. The summed E-state index contributed by atoms with van der Waals surface area (Å²) < 4.78 is 8.22. The first-order chi connectivity index (χ1) is 12.4. The molecule has 1 aliphatic rings. The molecule has 0 unspecified atom stereocenters. The average Bonchev–Trinajstić information content (AvgIpc) is 3.30. The van der Waals surface area contributed by atoms with Gasteiger partial charge in [0.2, 0.25) is 0 Å². The second kappa shape index (κ2) is 7.75. The standard InChI is InChI=1S/C22H26N2O/c1-2-7-22-20(6-1)12-16-24(22)15-5-17-25-21-10-8-19(9-11-21)18-23-13-3-4-14-23/h1-2,6-12,16H,3-5,13-15,17-18H2. The lowest BCUT2D eigenvalue weighted by Crippen LogP contribution is -2.18. The Morgan fingerprint density at radius 2 is 1.68 bits per heavy atom. The molecule has 3 heteroatoms. The number of ether oxygens (including phenoxy) is 1. The smallest absolute Gasteiger partial charge is 0.119 e. The number of rotatable bonds is 7. The van der Waals surface area contributed by atoms with E-state index in [4.69, 9.17) is 4.74 Å². The molecular formula is C22H26N2O. The van der Waals surface area contributed by atoms with E-state index in [2.05, 4.69) is 70.3 Å². The van der Waals surface area contributed by atoms with E-state index >= 15 is 0 Å². The van der Waals surface area contributed by atoms with Crippen LogP contribution in [0.25, 0.3) is 10.9 Å². The number of aromatic nitrogens is 1. The summed E-state index contributed by atoms with van der Waals surface area (Å²) in [7, 11) is 0. The highest BCUT2D eigenvalue weighted by Crippen LogP contribution is 2.18. The van der Waals surface area contributed by atoms with E-state index in [9.17, 15) is 0 Å². The number of para-hydroxylation sites is 1. The van der Waals surface area contributed by atoms with E-state index < -0.39 is 0 Å². The zero-order valence-corrected chi connectivity index (χ0v) is 14.7. The van der Waals surface area contributed by atoms with Crippen LogP contribution in [0.1, 0.15) is 24.8 Å².